The van der Waals surface area contributed by atoms with Gasteiger partial charge < -0.3 is 19.9 Å². The van der Waals surface area contributed by atoms with Gasteiger partial charge in [0.1, 0.15) is 22.9 Å². The highest BCUT2D eigenvalue weighted by molar-refractivity contribution is 5.83. The molecule has 1 saturated heterocycles. The van der Waals surface area contributed by atoms with Crippen molar-refractivity contribution in [3.05, 3.63) is 59.7 Å². The summed E-state index contributed by atoms with van der Waals surface area (Å²) in [6.45, 7) is 12.9. The fraction of sp³-hybridized carbons (Fsp3) is 0.467. The number of aliphatic hydroxyl groups is 1. The monoisotopic (exact) mass is 549 g/mol. The molecule has 40 heavy (non-hydrogen) atoms. The van der Waals surface area contributed by atoms with Crippen LogP contribution in [0.15, 0.2) is 36.7 Å². The molecule has 1 aliphatic heterocycles. The number of fused-ring (bicyclic) bond motifs is 1. The number of halogens is 2. The Morgan fingerprint density at radius 1 is 1.02 bits per heavy atom. The van der Waals surface area contributed by atoms with E-state index < -0.39 is 17.7 Å². The molecule has 1 fully saturated rings. The van der Waals surface area contributed by atoms with E-state index >= 15 is 4.39 Å². The molecule has 10 heteroatoms. The second-order valence-electron chi connectivity index (χ2n) is 11.0. The molecule has 4 aromatic rings. The zero-order chi connectivity index (χ0) is 28.6. The van der Waals surface area contributed by atoms with Gasteiger partial charge in [-0.1, -0.05) is 13.0 Å². The van der Waals surface area contributed by atoms with Crippen molar-refractivity contribution >= 4 is 22.8 Å². The molecule has 5 rings (SSSR count). The largest absolute Gasteiger partial charge is 0.393 e. The molecule has 0 radical (unpaired) electrons. The van der Waals surface area contributed by atoms with Gasteiger partial charge in [-0.15, -0.1) is 0 Å². The van der Waals surface area contributed by atoms with Crippen molar-refractivity contribution in [2.24, 2.45) is 5.92 Å². The third-order valence-electron chi connectivity index (χ3n) is 7.98. The van der Waals surface area contributed by atoms with Gasteiger partial charge in [0.25, 0.3) is 0 Å². The number of imidazole rings is 1. The Kier molecular flexibility index (Phi) is 8.09. The lowest BCUT2D eigenvalue weighted by Gasteiger charge is -2.37. The summed E-state index contributed by atoms with van der Waals surface area (Å²) < 4.78 is 31.8. The van der Waals surface area contributed by atoms with Gasteiger partial charge >= 0.3 is 0 Å². The van der Waals surface area contributed by atoms with Crippen LogP contribution in [0.3, 0.4) is 0 Å². The van der Waals surface area contributed by atoms with E-state index in [1.807, 2.05) is 44.4 Å². The highest BCUT2D eigenvalue weighted by atomic mass is 19.1. The number of hydrogen-bond acceptors (Lipinski definition) is 7. The minimum Gasteiger partial charge on any atom is -0.393 e. The Morgan fingerprint density at radius 2 is 1.77 bits per heavy atom. The molecule has 0 aliphatic carbocycles. The van der Waals surface area contributed by atoms with Crippen molar-refractivity contribution in [2.45, 2.75) is 65.5 Å². The number of likely N-dealkylation sites (tertiary alicyclic amines) is 1. The lowest BCUT2D eigenvalue weighted by molar-refractivity contribution is 0.0947. The molecule has 4 heterocycles. The van der Waals surface area contributed by atoms with Crippen LogP contribution in [0.25, 0.3) is 22.3 Å². The number of aromatic nitrogens is 5. The van der Waals surface area contributed by atoms with E-state index in [-0.39, 0.29) is 29.1 Å². The Labute approximate surface area is 233 Å². The predicted octanol–water partition coefficient (Wildman–Crippen LogP) is 6.00. The van der Waals surface area contributed by atoms with E-state index in [1.54, 1.807) is 12.3 Å². The molecule has 2 unspecified atom stereocenters. The molecule has 8 nitrogen and oxygen atoms in total. The first kappa shape index (κ1) is 28.0. The van der Waals surface area contributed by atoms with Crippen molar-refractivity contribution in [3.63, 3.8) is 0 Å². The summed E-state index contributed by atoms with van der Waals surface area (Å²) in [6.07, 6.45) is 4.43. The molecular formula is C30H37F2N7O. The number of anilines is 2. The van der Waals surface area contributed by atoms with Gasteiger partial charge in [0.05, 0.1) is 17.8 Å². The number of piperidine rings is 1. The van der Waals surface area contributed by atoms with Crippen LogP contribution in [0.4, 0.5) is 20.5 Å². The van der Waals surface area contributed by atoms with Crippen molar-refractivity contribution in [3.8, 4) is 11.3 Å². The van der Waals surface area contributed by atoms with Crippen molar-refractivity contribution < 1.29 is 13.9 Å². The normalized spacial score (nSPS) is 16.5. The van der Waals surface area contributed by atoms with Crippen LogP contribution >= 0.6 is 0 Å². The minimum atomic E-state index is -0.658. The molecule has 0 amide bonds. The van der Waals surface area contributed by atoms with Gasteiger partial charge in [-0.05, 0) is 89.9 Å². The number of nitrogens with one attached hydrogen (secondary N) is 1. The van der Waals surface area contributed by atoms with E-state index in [0.29, 0.717) is 28.6 Å². The Hall–Kier alpha value is -3.50. The maximum Gasteiger partial charge on any atom is 0.229 e. The van der Waals surface area contributed by atoms with Crippen LogP contribution in [0.1, 0.15) is 63.9 Å². The van der Waals surface area contributed by atoms with Gasteiger partial charge in [-0.3, -0.25) is 0 Å². The number of aliphatic hydroxyl groups excluding tert-OH is 1. The quantitative estimate of drug-likeness (QED) is 0.279. The van der Waals surface area contributed by atoms with Crippen LogP contribution < -0.4 is 5.32 Å². The first-order valence-electron chi connectivity index (χ1n) is 14.0. The maximum atomic E-state index is 15.0. The van der Waals surface area contributed by atoms with Gasteiger partial charge in [0.15, 0.2) is 11.6 Å². The number of hydrogen-bond donors (Lipinski definition) is 2. The number of pyridine rings is 1. The summed E-state index contributed by atoms with van der Waals surface area (Å²) in [6, 6.07) is 6.79. The third kappa shape index (κ3) is 5.55. The van der Waals surface area contributed by atoms with Crippen LogP contribution in [-0.4, -0.2) is 60.2 Å². The predicted molar refractivity (Wildman–Crippen MR) is 153 cm³/mol. The first-order valence-corrected chi connectivity index (χ1v) is 14.0. The SMILES string of the molecule is CCN1CCC(C(c2ccc(Nc3ncc(F)c(-c4cc(F)c5nc(C)n(C(C)C)c5c4)n3)nc2)C(C)O)CC1. The Balaban J connectivity index is 1.39. The maximum absolute atomic E-state index is 15.0. The molecule has 0 bridgehead atoms. The summed E-state index contributed by atoms with van der Waals surface area (Å²) >= 11 is 0. The van der Waals surface area contributed by atoms with Gasteiger partial charge in [-0.25, -0.2) is 28.7 Å². The number of nitrogens with zero attached hydrogens (tertiary/aromatic N) is 6. The van der Waals surface area contributed by atoms with Crippen LogP contribution in [0.2, 0.25) is 0 Å². The number of benzene rings is 1. The van der Waals surface area contributed by atoms with E-state index in [2.05, 4.69) is 37.1 Å². The number of rotatable bonds is 8. The second kappa shape index (κ2) is 11.5. The van der Waals surface area contributed by atoms with E-state index in [9.17, 15) is 9.50 Å². The van der Waals surface area contributed by atoms with Crippen LogP contribution in [0.5, 0.6) is 0 Å². The van der Waals surface area contributed by atoms with Crippen molar-refractivity contribution in [1.29, 1.82) is 0 Å². The zero-order valence-corrected chi connectivity index (χ0v) is 23.7. The average molecular weight is 550 g/mol. The highest BCUT2D eigenvalue weighted by Gasteiger charge is 2.30. The van der Waals surface area contributed by atoms with Crippen molar-refractivity contribution in [2.75, 3.05) is 25.0 Å². The lowest BCUT2D eigenvalue weighted by atomic mass is 9.78. The molecule has 3 aromatic heterocycles. The third-order valence-corrected chi connectivity index (χ3v) is 7.98. The lowest BCUT2D eigenvalue weighted by Crippen LogP contribution is -2.37. The molecule has 2 N–H and O–H groups in total. The molecule has 0 spiro atoms. The summed E-state index contributed by atoms with van der Waals surface area (Å²) in [7, 11) is 0. The Morgan fingerprint density at radius 3 is 2.40 bits per heavy atom. The summed E-state index contributed by atoms with van der Waals surface area (Å²) in [5.74, 6) is 0.514. The molecule has 0 saturated carbocycles. The van der Waals surface area contributed by atoms with E-state index in [0.717, 1.165) is 44.2 Å². The summed E-state index contributed by atoms with van der Waals surface area (Å²) in [5.41, 5.74) is 2.10. The second-order valence-corrected chi connectivity index (χ2v) is 11.0. The summed E-state index contributed by atoms with van der Waals surface area (Å²) in [4.78, 5) is 19.8. The van der Waals surface area contributed by atoms with Gasteiger partial charge in [0, 0.05) is 23.7 Å². The Bertz CT molecular complexity index is 1480. The first-order chi connectivity index (χ1) is 19.2. The standard InChI is InChI=1S/C30H37F2N7O/c1-6-38-11-9-20(10-12-38)27(18(4)40)21-7-8-26(33-15-21)36-30-34-16-24(32)28(37-30)22-13-23(31)29-25(14-22)39(17(2)3)19(5)35-29/h7-8,13-18,20,27,40H,6,9-12H2,1-5H3,(H,33,34,36,37). The molecular weight excluding hydrogens is 512 g/mol. The van der Waals surface area contributed by atoms with Gasteiger partial charge in [-0.2, -0.15) is 0 Å². The highest BCUT2D eigenvalue weighted by Crippen LogP contribution is 2.36. The molecule has 1 aromatic carbocycles. The topological polar surface area (TPSA) is 92.0 Å². The fourth-order valence-electron chi connectivity index (χ4n) is 6.05. The molecule has 1 aliphatic rings. The zero-order valence-electron chi connectivity index (χ0n) is 23.7. The molecule has 212 valence electrons. The smallest absolute Gasteiger partial charge is 0.229 e. The minimum absolute atomic E-state index is 0.00181. The van der Waals surface area contributed by atoms with Crippen LogP contribution in [0, 0.1) is 24.5 Å². The molecule has 2 atom stereocenters. The van der Waals surface area contributed by atoms with E-state index in [4.69, 9.17) is 0 Å². The summed E-state index contributed by atoms with van der Waals surface area (Å²) in [5, 5.41) is 13.6. The van der Waals surface area contributed by atoms with Gasteiger partial charge in [0.2, 0.25) is 5.95 Å². The average Bonchev–Trinajstić information content (AvgIpc) is 3.27. The number of aryl methyl sites for hydroxylation is 1. The van der Waals surface area contributed by atoms with Crippen molar-refractivity contribution in [1.82, 2.24) is 29.4 Å². The fourth-order valence-corrected chi connectivity index (χ4v) is 6.05. The van der Waals surface area contributed by atoms with Crippen LogP contribution in [-0.2, 0) is 0 Å². The van der Waals surface area contributed by atoms with E-state index in [1.165, 1.54) is 6.07 Å².